The summed E-state index contributed by atoms with van der Waals surface area (Å²) < 4.78 is 1.76. The van der Waals surface area contributed by atoms with Crippen molar-refractivity contribution < 1.29 is 9.90 Å². The van der Waals surface area contributed by atoms with Gasteiger partial charge >= 0.3 is 0 Å². The van der Waals surface area contributed by atoms with Gasteiger partial charge in [-0.25, -0.2) is 0 Å². The normalized spacial score (nSPS) is 13.6. The summed E-state index contributed by atoms with van der Waals surface area (Å²) in [5, 5.41) is 16.3. The van der Waals surface area contributed by atoms with Gasteiger partial charge in [-0.1, -0.05) is 13.8 Å². The van der Waals surface area contributed by atoms with Gasteiger partial charge in [0.2, 0.25) is 0 Å². The Bertz CT molecular complexity index is 419. The number of rotatable bonds is 5. The van der Waals surface area contributed by atoms with E-state index in [1.165, 1.54) is 0 Å². The molecule has 1 aromatic rings. The lowest BCUT2D eigenvalue weighted by molar-refractivity contribution is 0.0908. The standard InChI is InChI=1S/C14H25N3O2/c1-10(2)6-12(9-18)16-13(19)11-7-15-17(8-11)14(3,4)5/h7-8,10,12,18H,6,9H2,1-5H3,(H,16,19). The van der Waals surface area contributed by atoms with Crippen LogP contribution in [0.15, 0.2) is 12.4 Å². The molecule has 5 nitrogen and oxygen atoms in total. The Labute approximate surface area is 115 Å². The maximum absolute atomic E-state index is 12.1. The van der Waals surface area contributed by atoms with Crippen LogP contribution in [-0.2, 0) is 5.54 Å². The smallest absolute Gasteiger partial charge is 0.254 e. The Morgan fingerprint density at radius 3 is 2.53 bits per heavy atom. The minimum Gasteiger partial charge on any atom is -0.394 e. The molecule has 108 valence electrons. The molecule has 0 saturated carbocycles. The molecule has 0 bridgehead atoms. The average Bonchev–Trinajstić information content (AvgIpc) is 2.76. The van der Waals surface area contributed by atoms with Gasteiger partial charge < -0.3 is 10.4 Å². The Kier molecular flexibility index (Phi) is 5.11. The van der Waals surface area contributed by atoms with Gasteiger partial charge in [0.05, 0.1) is 29.9 Å². The fourth-order valence-corrected chi connectivity index (χ4v) is 1.82. The first-order valence-electron chi connectivity index (χ1n) is 6.71. The highest BCUT2D eigenvalue weighted by Crippen LogP contribution is 2.13. The van der Waals surface area contributed by atoms with Gasteiger partial charge in [0.15, 0.2) is 0 Å². The molecule has 0 aliphatic carbocycles. The van der Waals surface area contributed by atoms with Crippen molar-refractivity contribution in [3.63, 3.8) is 0 Å². The van der Waals surface area contributed by atoms with E-state index in [0.29, 0.717) is 11.5 Å². The summed E-state index contributed by atoms with van der Waals surface area (Å²) in [6.45, 7) is 10.2. The summed E-state index contributed by atoms with van der Waals surface area (Å²) in [5.74, 6) is 0.241. The van der Waals surface area contributed by atoms with Crippen molar-refractivity contribution in [1.29, 1.82) is 0 Å². The maximum atomic E-state index is 12.1. The summed E-state index contributed by atoms with van der Waals surface area (Å²) in [4.78, 5) is 12.1. The van der Waals surface area contributed by atoms with Crippen LogP contribution in [-0.4, -0.2) is 33.4 Å². The lowest BCUT2D eigenvalue weighted by Crippen LogP contribution is -2.38. The second-order valence-corrected chi connectivity index (χ2v) is 6.33. The average molecular weight is 267 g/mol. The van der Waals surface area contributed by atoms with Crippen molar-refractivity contribution >= 4 is 5.91 Å². The molecule has 1 heterocycles. The molecule has 1 unspecified atom stereocenters. The van der Waals surface area contributed by atoms with Crippen LogP contribution in [0.4, 0.5) is 0 Å². The van der Waals surface area contributed by atoms with E-state index < -0.39 is 0 Å². The topological polar surface area (TPSA) is 67.2 Å². The van der Waals surface area contributed by atoms with Gasteiger partial charge in [-0.2, -0.15) is 5.10 Å². The van der Waals surface area contributed by atoms with E-state index in [1.54, 1.807) is 17.1 Å². The SMILES string of the molecule is CC(C)CC(CO)NC(=O)c1cnn(C(C)(C)C)c1. The molecule has 0 radical (unpaired) electrons. The van der Waals surface area contributed by atoms with Crippen molar-refractivity contribution in [1.82, 2.24) is 15.1 Å². The van der Waals surface area contributed by atoms with Gasteiger partial charge in [0.25, 0.3) is 5.91 Å². The molecule has 0 aliphatic rings. The van der Waals surface area contributed by atoms with Crippen molar-refractivity contribution in [2.75, 3.05) is 6.61 Å². The van der Waals surface area contributed by atoms with Gasteiger partial charge in [-0.15, -0.1) is 0 Å². The number of carbonyl (C=O) groups excluding carboxylic acids is 1. The third-order valence-electron chi connectivity index (χ3n) is 2.84. The number of hydrogen-bond acceptors (Lipinski definition) is 3. The van der Waals surface area contributed by atoms with E-state index in [-0.39, 0.29) is 24.1 Å². The fourth-order valence-electron chi connectivity index (χ4n) is 1.82. The zero-order chi connectivity index (χ0) is 14.6. The number of hydrogen-bond donors (Lipinski definition) is 2. The van der Waals surface area contributed by atoms with E-state index in [1.807, 2.05) is 20.8 Å². The summed E-state index contributed by atoms with van der Waals surface area (Å²) >= 11 is 0. The second-order valence-electron chi connectivity index (χ2n) is 6.33. The monoisotopic (exact) mass is 267 g/mol. The molecule has 1 aromatic heterocycles. The van der Waals surface area contributed by atoms with E-state index in [9.17, 15) is 9.90 Å². The second kappa shape index (κ2) is 6.19. The minimum absolute atomic E-state index is 0.0443. The number of amides is 1. The fraction of sp³-hybridized carbons (Fsp3) is 0.714. The molecule has 0 aliphatic heterocycles. The third-order valence-corrected chi connectivity index (χ3v) is 2.84. The molecule has 0 fully saturated rings. The van der Waals surface area contributed by atoms with Crippen molar-refractivity contribution in [2.24, 2.45) is 5.92 Å². The molecule has 5 heteroatoms. The van der Waals surface area contributed by atoms with Gasteiger partial charge in [-0.3, -0.25) is 9.48 Å². The van der Waals surface area contributed by atoms with Crippen LogP contribution < -0.4 is 5.32 Å². The van der Waals surface area contributed by atoms with Crippen LogP contribution in [0.3, 0.4) is 0 Å². The van der Waals surface area contributed by atoms with Crippen LogP contribution in [0.1, 0.15) is 51.4 Å². The number of carbonyl (C=O) groups is 1. The van der Waals surface area contributed by atoms with Crippen LogP contribution in [0.25, 0.3) is 0 Å². The van der Waals surface area contributed by atoms with E-state index in [0.717, 1.165) is 6.42 Å². The minimum atomic E-state index is -0.203. The van der Waals surface area contributed by atoms with Crippen molar-refractivity contribution in [3.8, 4) is 0 Å². The van der Waals surface area contributed by atoms with Crippen LogP contribution in [0.2, 0.25) is 0 Å². The molecule has 1 amide bonds. The van der Waals surface area contributed by atoms with E-state index >= 15 is 0 Å². The molecule has 1 rings (SSSR count). The van der Waals surface area contributed by atoms with E-state index in [2.05, 4.69) is 24.3 Å². The van der Waals surface area contributed by atoms with E-state index in [4.69, 9.17) is 0 Å². The number of nitrogens with one attached hydrogen (secondary N) is 1. The molecular formula is C14H25N3O2. The van der Waals surface area contributed by atoms with Gasteiger partial charge in [0, 0.05) is 6.20 Å². The van der Waals surface area contributed by atoms with Crippen molar-refractivity contribution in [3.05, 3.63) is 18.0 Å². The quantitative estimate of drug-likeness (QED) is 0.854. The first-order valence-corrected chi connectivity index (χ1v) is 6.71. The first-order chi connectivity index (χ1) is 8.74. The highest BCUT2D eigenvalue weighted by atomic mass is 16.3. The molecule has 1 atom stereocenters. The molecular weight excluding hydrogens is 242 g/mol. The number of aliphatic hydroxyl groups is 1. The molecule has 0 aromatic carbocycles. The van der Waals surface area contributed by atoms with Crippen LogP contribution >= 0.6 is 0 Å². The molecule has 0 spiro atoms. The Morgan fingerprint density at radius 1 is 1.47 bits per heavy atom. The van der Waals surface area contributed by atoms with Gasteiger partial charge in [0.1, 0.15) is 0 Å². The summed E-state index contributed by atoms with van der Waals surface area (Å²) in [7, 11) is 0. The molecule has 2 N–H and O–H groups in total. The lowest BCUT2D eigenvalue weighted by Gasteiger charge is -2.19. The zero-order valence-corrected chi connectivity index (χ0v) is 12.5. The van der Waals surface area contributed by atoms with Crippen LogP contribution in [0, 0.1) is 5.92 Å². The maximum Gasteiger partial charge on any atom is 0.254 e. The predicted molar refractivity (Wildman–Crippen MR) is 75.0 cm³/mol. The predicted octanol–water partition coefficient (Wildman–Crippen LogP) is 1.77. The molecule has 19 heavy (non-hydrogen) atoms. The number of nitrogens with zero attached hydrogens (tertiary/aromatic N) is 2. The molecule has 0 saturated heterocycles. The Morgan fingerprint density at radius 2 is 2.11 bits per heavy atom. The third kappa shape index (κ3) is 4.67. The Hall–Kier alpha value is -1.36. The lowest BCUT2D eigenvalue weighted by atomic mass is 10.0. The Balaban J connectivity index is 2.70. The first kappa shape index (κ1) is 15.7. The zero-order valence-electron chi connectivity index (χ0n) is 12.5. The largest absolute Gasteiger partial charge is 0.394 e. The highest BCUT2D eigenvalue weighted by Gasteiger charge is 2.19. The summed E-state index contributed by atoms with van der Waals surface area (Å²) in [5.41, 5.74) is 0.379. The van der Waals surface area contributed by atoms with Crippen molar-refractivity contribution in [2.45, 2.75) is 52.6 Å². The number of aromatic nitrogens is 2. The number of aliphatic hydroxyl groups excluding tert-OH is 1. The summed E-state index contributed by atoms with van der Waals surface area (Å²) in [6, 6.07) is -0.203. The van der Waals surface area contributed by atoms with Crippen LogP contribution in [0.5, 0.6) is 0 Å². The van der Waals surface area contributed by atoms with Gasteiger partial charge in [-0.05, 0) is 33.1 Å². The summed E-state index contributed by atoms with van der Waals surface area (Å²) in [6.07, 6.45) is 4.05. The highest BCUT2D eigenvalue weighted by molar-refractivity contribution is 5.93.